The largest absolute Gasteiger partial charge is 0.416 e. The van der Waals surface area contributed by atoms with Crippen molar-refractivity contribution in [1.82, 2.24) is 14.1 Å². The summed E-state index contributed by atoms with van der Waals surface area (Å²) in [5, 5.41) is 4.20. The maximum atomic E-state index is 12.7. The van der Waals surface area contributed by atoms with E-state index in [1.807, 2.05) is 0 Å². The second-order valence-electron chi connectivity index (χ2n) is 6.53. The fourth-order valence-electron chi connectivity index (χ4n) is 2.68. The molecule has 3 aromatic rings. The minimum absolute atomic E-state index is 0.471. The van der Waals surface area contributed by atoms with Gasteiger partial charge in [0.25, 0.3) is 0 Å². The molecule has 0 unspecified atom stereocenters. The smallest absolute Gasteiger partial charge is 0.261 e. The number of nitrogens with zero attached hydrogens (tertiary/aromatic N) is 4. The van der Waals surface area contributed by atoms with Gasteiger partial charge in [-0.2, -0.15) is 31.0 Å². The van der Waals surface area contributed by atoms with Gasteiger partial charge in [-0.25, -0.2) is 4.68 Å². The van der Waals surface area contributed by atoms with Crippen LogP contribution in [-0.2, 0) is 16.4 Å². The van der Waals surface area contributed by atoms with E-state index in [1.54, 1.807) is 36.7 Å². The summed E-state index contributed by atoms with van der Waals surface area (Å²) in [6.07, 6.45) is -1.16. The average Bonchev–Trinajstić information content (AvgIpc) is 3.17. The van der Waals surface area contributed by atoms with E-state index in [0.717, 1.165) is 26.3 Å². The Morgan fingerprint density at radius 1 is 0.966 bits per heavy atom. The quantitative estimate of drug-likeness (QED) is 0.626. The molecule has 29 heavy (non-hydrogen) atoms. The van der Waals surface area contributed by atoms with Crippen molar-refractivity contribution in [3.8, 4) is 16.8 Å². The Hall–Kier alpha value is -2.85. The zero-order valence-electron chi connectivity index (χ0n) is 15.9. The molecule has 1 aromatic heterocycles. The van der Waals surface area contributed by atoms with E-state index in [9.17, 15) is 21.6 Å². The van der Waals surface area contributed by atoms with Gasteiger partial charge in [-0.05, 0) is 42.0 Å². The van der Waals surface area contributed by atoms with Gasteiger partial charge in [0, 0.05) is 32.9 Å². The normalized spacial score (nSPS) is 12.4. The van der Waals surface area contributed by atoms with Gasteiger partial charge in [0.1, 0.15) is 0 Å². The number of aromatic nitrogens is 2. The molecule has 0 aliphatic carbocycles. The summed E-state index contributed by atoms with van der Waals surface area (Å²) >= 11 is 0. The highest BCUT2D eigenvalue weighted by atomic mass is 32.2. The average molecular weight is 424 g/mol. The van der Waals surface area contributed by atoms with E-state index in [0.29, 0.717) is 16.9 Å². The third-order valence-electron chi connectivity index (χ3n) is 4.39. The molecular weight excluding hydrogens is 405 g/mol. The highest BCUT2D eigenvalue weighted by Gasteiger charge is 2.30. The Balaban J connectivity index is 1.90. The van der Waals surface area contributed by atoms with Gasteiger partial charge in [-0.3, -0.25) is 4.31 Å². The highest BCUT2D eigenvalue weighted by Crippen LogP contribution is 2.30. The van der Waals surface area contributed by atoms with Crippen LogP contribution in [0.5, 0.6) is 0 Å². The Bertz CT molecular complexity index is 1110. The van der Waals surface area contributed by atoms with Crippen molar-refractivity contribution in [2.75, 3.05) is 25.4 Å². The summed E-state index contributed by atoms with van der Waals surface area (Å²) in [6.45, 7) is 0. The van der Waals surface area contributed by atoms with Gasteiger partial charge in [0.05, 0.1) is 23.1 Å². The van der Waals surface area contributed by atoms with Gasteiger partial charge in [-0.15, -0.1) is 0 Å². The summed E-state index contributed by atoms with van der Waals surface area (Å²) in [5.41, 5.74) is 1.64. The van der Waals surface area contributed by atoms with Crippen molar-refractivity contribution in [2.24, 2.45) is 0 Å². The monoisotopic (exact) mass is 424 g/mol. The number of alkyl halides is 3. The molecular formula is C19H19F3N4O2S. The Kier molecular flexibility index (Phi) is 5.42. The van der Waals surface area contributed by atoms with Crippen LogP contribution in [0.2, 0.25) is 0 Å². The Morgan fingerprint density at radius 3 is 2.21 bits per heavy atom. The molecule has 0 atom stereocenters. The van der Waals surface area contributed by atoms with Gasteiger partial charge < -0.3 is 0 Å². The van der Waals surface area contributed by atoms with Crippen molar-refractivity contribution < 1.29 is 21.6 Å². The van der Waals surface area contributed by atoms with E-state index < -0.39 is 21.9 Å². The first-order chi connectivity index (χ1) is 13.5. The number of benzene rings is 2. The third-order valence-corrected chi connectivity index (χ3v) is 6.22. The topological polar surface area (TPSA) is 58.4 Å². The first-order valence-corrected chi connectivity index (χ1v) is 9.89. The lowest BCUT2D eigenvalue weighted by Crippen LogP contribution is -2.37. The van der Waals surface area contributed by atoms with Gasteiger partial charge in [0.15, 0.2) is 0 Å². The number of hydrogen-bond acceptors (Lipinski definition) is 3. The van der Waals surface area contributed by atoms with E-state index in [1.165, 1.54) is 38.0 Å². The van der Waals surface area contributed by atoms with Crippen LogP contribution < -0.4 is 4.31 Å². The molecule has 0 aliphatic rings. The third kappa shape index (κ3) is 4.28. The molecule has 3 rings (SSSR count). The zero-order valence-corrected chi connectivity index (χ0v) is 16.7. The molecule has 0 bridgehead atoms. The molecule has 6 nitrogen and oxygen atoms in total. The van der Waals surface area contributed by atoms with Crippen LogP contribution in [0.1, 0.15) is 5.56 Å². The molecule has 0 fully saturated rings. The molecule has 0 aliphatic heterocycles. The number of anilines is 1. The summed E-state index contributed by atoms with van der Waals surface area (Å²) in [7, 11) is 0.726. The van der Waals surface area contributed by atoms with Crippen molar-refractivity contribution in [3.05, 3.63) is 66.5 Å². The molecule has 154 valence electrons. The lowest BCUT2D eigenvalue weighted by atomic mass is 10.1. The van der Waals surface area contributed by atoms with Gasteiger partial charge in [-0.1, -0.05) is 12.1 Å². The Labute approximate surface area is 167 Å². The van der Waals surface area contributed by atoms with Crippen LogP contribution >= 0.6 is 0 Å². The van der Waals surface area contributed by atoms with Crippen molar-refractivity contribution >= 4 is 15.9 Å². The fraction of sp³-hybridized carbons (Fsp3) is 0.211. The summed E-state index contributed by atoms with van der Waals surface area (Å²) in [5.74, 6) is 0. The number of hydrogen-bond donors (Lipinski definition) is 0. The van der Waals surface area contributed by atoms with Crippen LogP contribution in [0, 0.1) is 0 Å². The van der Waals surface area contributed by atoms with Crippen LogP contribution in [-0.4, -0.2) is 43.6 Å². The molecule has 0 saturated carbocycles. The van der Waals surface area contributed by atoms with E-state index in [2.05, 4.69) is 5.10 Å². The first kappa shape index (κ1) is 20.9. The van der Waals surface area contributed by atoms with Crippen LogP contribution in [0.15, 0.2) is 60.9 Å². The molecule has 0 saturated heterocycles. The van der Waals surface area contributed by atoms with Crippen LogP contribution in [0.4, 0.5) is 18.9 Å². The molecule has 0 radical (unpaired) electrons. The van der Waals surface area contributed by atoms with Crippen LogP contribution in [0.25, 0.3) is 16.8 Å². The van der Waals surface area contributed by atoms with Crippen molar-refractivity contribution in [2.45, 2.75) is 6.18 Å². The Morgan fingerprint density at radius 2 is 1.62 bits per heavy atom. The molecule has 2 aromatic carbocycles. The first-order valence-electron chi connectivity index (χ1n) is 8.49. The summed E-state index contributed by atoms with van der Waals surface area (Å²) < 4.78 is 66.5. The molecule has 0 amide bonds. The number of rotatable bonds is 5. The minimum atomic E-state index is -4.40. The second-order valence-corrected chi connectivity index (χ2v) is 8.70. The van der Waals surface area contributed by atoms with Gasteiger partial charge in [0.2, 0.25) is 0 Å². The van der Waals surface area contributed by atoms with E-state index in [-0.39, 0.29) is 0 Å². The summed E-state index contributed by atoms with van der Waals surface area (Å²) in [6, 6.07) is 11.6. The van der Waals surface area contributed by atoms with E-state index >= 15 is 0 Å². The van der Waals surface area contributed by atoms with Crippen LogP contribution in [0.3, 0.4) is 0 Å². The summed E-state index contributed by atoms with van der Waals surface area (Å²) in [4.78, 5) is 0. The lowest BCUT2D eigenvalue weighted by molar-refractivity contribution is -0.137. The second kappa shape index (κ2) is 7.53. The molecule has 10 heteroatoms. The lowest BCUT2D eigenvalue weighted by Gasteiger charge is -2.23. The zero-order chi connectivity index (χ0) is 21.4. The van der Waals surface area contributed by atoms with E-state index in [4.69, 9.17) is 0 Å². The SMILES string of the molecule is CN(C)S(=O)(=O)N(C)c1cccc(-c2cnn(-c3ccc(C(F)(F)F)cc3)c2)c1. The van der Waals surface area contributed by atoms with Crippen molar-refractivity contribution in [3.63, 3.8) is 0 Å². The maximum absolute atomic E-state index is 12.7. The standard InChI is InChI=1S/C19H19F3N4O2S/c1-24(2)29(27,28)25(3)18-6-4-5-14(11-18)15-12-23-26(13-15)17-9-7-16(8-10-17)19(20,21)22/h4-13H,1-3H3. The molecule has 0 N–H and O–H groups in total. The minimum Gasteiger partial charge on any atom is -0.261 e. The molecule has 1 heterocycles. The fourth-order valence-corrected chi connectivity index (χ4v) is 3.55. The predicted molar refractivity (Wildman–Crippen MR) is 105 cm³/mol. The number of halogens is 3. The highest BCUT2D eigenvalue weighted by molar-refractivity contribution is 7.90. The predicted octanol–water partition coefficient (Wildman–Crippen LogP) is 3.80. The molecule has 0 spiro atoms. The maximum Gasteiger partial charge on any atom is 0.416 e. The van der Waals surface area contributed by atoms with Crippen molar-refractivity contribution in [1.29, 1.82) is 0 Å². The van der Waals surface area contributed by atoms with Gasteiger partial charge >= 0.3 is 16.4 Å².